The van der Waals surface area contributed by atoms with E-state index in [-0.39, 0.29) is 18.3 Å². The average molecular weight is 303 g/mol. The van der Waals surface area contributed by atoms with E-state index in [1.807, 2.05) is 0 Å². The summed E-state index contributed by atoms with van der Waals surface area (Å²) < 4.78 is 17.7. The smallest absolute Gasteiger partial charge is 0.399 e. The first-order valence-corrected chi connectivity index (χ1v) is 8.17. The summed E-state index contributed by atoms with van der Waals surface area (Å²) in [7, 11) is -0.286. The van der Waals surface area contributed by atoms with Crippen molar-refractivity contribution < 1.29 is 14.0 Å². The van der Waals surface area contributed by atoms with Crippen LogP contribution in [0.1, 0.15) is 34.1 Å². The molecule has 1 aromatic rings. The van der Waals surface area contributed by atoms with Crippen LogP contribution in [-0.4, -0.2) is 44.6 Å². The van der Waals surface area contributed by atoms with Gasteiger partial charge in [0.05, 0.1) is 17.8 Å². The Hall–Kier alpha value is -1.04. The predicted octanol–water partition coefficient (Wildman–Crippen LogP) is 2.21. The number of benzene rings is 1. The summed E-state index contributed by atoms with van der Waals surface area (Å²) in [5.41, 5.74) is 1.73. The van der Waals surface area contributed by atoms with E-state index < -0.39 is 0 Å². The zero-order valence-electron chi connectivity index (χ0n) is 14.1. The quantitative estimate of drug-likeness (QED) is 0.784. The van der Waals surface area contributed by atoms with Crippen LogP contribution in [0.25, 0.3) is 0 Å². The maximum absolute atomic E-state index is 6.10. The monoisotopic (exact) mass is 303 g/mol. The number of ether oxygens (including phenoxy) is 1. The zero-order chi connectivity index (χ0) is 15.8. The first-order chi connectivity index (χ1) is 10.4. The Morgan fingerprint density at radius 1 is 0.909 bits per heavy atom. The number of hydrogen-bond donors (Lipinski definition) is 0. The van der Waals surface area contributed by atoms with Gasteiger partial charge in [-0.3, -0.25) is 0 Å². The summed E-state index contributed by atoms with van der Waals surface area (Å²) >= 11 is 0. The van der Waals surface area contributed by atoms with Crippen molar-refractivity contribution in [2.75, 3.05) is 31.2 Å². The highest BCUT2D eigenvalue weighted by Gasteiger charge is 2.51. The first kappa shape index (κ1) is 15.8. The van der Waals surface area contributed by atoms with Gasteiger partial charge in [0.1, 0.15) is 0 Å². The average Bonchev–Trinajstić information content (AvgIpc) is 2.67. The van der Waals surface area contributed by atoms with E-state index in [0.29, 0.717) is 0 Å². The van der Waals surface area contributed by atoms with E-state index in [1.165, 1.54) is 5.69 Å². The molecule has 0 unspecified atom stereocenters. The highest BCUT2D eigenvalue weighted by atomic mass is 16.7. The Morgan fingerprint density at radius 2 is 1.55 bits per heavy atom. The van der Waals surface area contributed by atoms with Crippen LogP contribution in [0.5, 0.6) is 0 Å². The molecule has 2 aliphatic rings. The van der Waals surface area contributed by atoms with Gasteiger partial charge < -0.3 is 18.9 Å². The van der Waals surface area contributed by atoms with Crippen LogP contribution < -0.4 is 10.4 Å². The van der Waals surface area contributed by atoms with E-state index in [2.05, 4.69) is 56.9 Å². The van der Waals surface area contributed by atoms with Crippen LogP contribution in [0.4, 0.5) is 5.69 Å². The molecule has 0 aromatic heterocycles. The van der Waals surface area contributed by atoms with Gasteiger partial charge in [-0.2, -0.15) is 0 Å². The molecular formula is C17H26BNO3. The number of rotatable bonds is 2. The third-order valence-corrected chi connectivity index (χ3v) is 5.01. The van der Waals surface area contributed by atoms with Crippen molar-refractivity contribution in [3.8, 4) is 0 Å². The van der Waals surface area contributed by atoms with Crippen LogP contribution >= 0.6 is 0 Å². The lowest BCUT2D eigenvalue weighted by atomic mass is 9.79. The van der Waals surface area contributed by atoms with Crippen LogP contribution in [0, 0.1) is 0 Å². The SMILES string of the molecule is CC1(C)OB(c2ccc(N3CCCOCC3)cc2)OC1(C)C. The lowest BCUT2D eigenvalue weighted by molar-refractivity contribution is 0.00578. The fraction of sp³-hybridized carbons (Fsp3) is 0.647. The lowest BCUT2D eigenvalue weighted by Gasteiger charge is -2.32. The topological polar surface area (TPSA) is 30.9 Å². The van der Waals surface area contributed by atoms with Gasteiger partial charge in [-0.15, -0.1) is 0 Å². The van der Waals surface area contributed by atoms with Gasteiger partial charge >= 0.3 is 7.12 Å². The second kappa shape index (κ2) is 5.87. The summed E-state index contributed by atoms with van der Waals surface area (Å²) in [5, 5.41) is 0. The first-order valence-electron chi connectivity index (χ1n) is 8.17. The molecule has 0 amide bonds. The van der Waals surface area contributed by atoms with Crippen molar-refractivity contribution in [1.29, 1.82) is 0 Å². The van der Waals surface area contributed by atoms with Crippen molar-refractivity contribution >= 4 is 18.3 Å². The fourth-order valence-corrected chi connectivity index (χ4v) is 2.83. The zero-order valence-corrected chi connectivity index (χ0v) is 14.1. The van der Waals surface area contributed by atoms with E-state index in [1.54, 1.807) is 0 Å². The Bertz CT molecular complexity index is 491. The number of nitrogens with zero attached hydrogens (tertiary/aromatic N) is 1. The van der Waals surface area contributed by atoms with Crippen molar-refractivity contribution in [2.24, 2.45) is 0 Å². The molecule has 0 N–H and O–H groups in total. The standard InChI is InChI=1S/C17H26BNO3/c1-16(2)17(3,4)22-18(21-16)14-6-8-15(9-7-14)19-10-5-12-20-13-11-19/h6-9H,5,10-13H2,1-4H3. The highest BCUT2D eigenvalue weighted by Crippen LogP contribution is 2.36. The molecule has 0 saturated carbocycles. The molecule has 2 aliphatic heterocycles. The van der Waals surface area contributed by atoms with Crippen LogP contribution in [0.15, 0.2) is 24.3 Å². The molecule has 22 heavy (non-hydrogen) atoms. The van der Waals surface area contributed by atoms with E-state index in [9.17, 15) is 0 Å². The van der Waals surface area contributed by atoms with Gasteiger partial charge in [-0.1, -0.05) is 12.1 Å². The molecule has 1 aromatic carbocycles. The predicted molar refractivity (Wildman–Crippen MR) is 89.8 cm³/mol. The second-order valence-corrected chi connectivity index (χ2v) is 7.13. The molecule has 0 radical (unpaired) electrons. The summed E-state index contributed by atoms with van der Waals surface area (Å²) in [6.45, 7) is 12.0. The summed E-state index contributed by atoms with van der Waals surface area (Å²) in [4.78, 5) is 2.38. The van der Waals surface area contributed by atoms with Gasteiger partial charge in [0.2, 0.25) is 0 Å². The van der Waals surface area contributed by atoms with Gasteiger partial charge in [-0.25, -0.2) is 0 Å². The molecule has 0 aliphatic carbocycles. The minimum absolute atomic E-state index is 0.286. The molecule has 5 heteroatoms. The summed E-state index contributed by atoms with van der Waals surface area (Å²) in [6.07, 6.45) is 1.08. The van der Waals surface area contributed by atoms with Crippen molar-refractivity contribution in [3.05, 3.63) is 24.3 Å². The third kappa shape index (κ3) is 3.03. The van der Waals surface area contributed by atoms with E-state index >= 15 is 0 Å². The Kier molecular flexibility index (Phi) is 4.23. The molecule has 0 spiro atoms. The third-order valence-electron chi connectivity index (χ3n) is 5.01. The molecule has 2 heterocycles. The van der Waals surface area contributed by atoms with Crippen molar-refractivity contribution in [1.82, 2.24) is 0 Å². The molecular weight excluding hydrogens is 277 g/mol. The molecule has 3 rings (SSSR count). The van der Waals surface area contributed by atoms with E-state index in [0.717, 1.165) is 38.2 Å². The largest absolute Gasteiger partial charge is 0.494 e. The van der Waals surface area contributed by atoms with E-state index in [4.69, 9.17) is 14.0 Å². The summed E-state index contributed by atoms with van der Waals surface area (Å²) in [6, 6.07) is 8.55. The Labute approximate surface area is 133 Å². The van der Waals surface area contributed by atoms with Crippen LogP contribution in [-0.2, 0) is 14.0 Å². The van der Waals surface area contributed by atoms with Crippen molar-refractivity contribution in [2.45, 2.75) is 45.3 Å². The highest BCUT2D eigenvalue weighted by molar-refractivity contribution is 6.62. The Balaban J connectivity index is 1.72. The van der Waals surface area contributed by atoms with Crippen LogP contribution in [0.3, 0.4) is 0 Å². The molecule has 0 bridgehead atoms. The minimum atomic E-state index is -0.293. The van der Waals surface area contributed by atoms with Gasteiger partial charge in [-0.05, 0) is 51.7 Å². The molecule has 0 atom stereocenters. The minimum Gasteiger partial charge on any atom is -0.399 e. The van der Waals surface area contributed by atoms with Gasteiger partial charge in [0.15, 0.2) is 0 Å². The second-order valence-electron chi connectivity index (χ2n) is 7.13. The van der Waals surface area contributed by atoms with Crippen LogP contribution in [0.2, 0.25) is 0 Å². The summed E-state index contributed by atoms with van der Waals surface area (Å²) in [5.74, 6) is 0. The van der Waals surface area contributed by atoms with Gasteiger partial charge in [0.25, 0.3) is 0 Å². The molecule has 2 fully saturated rings. The number of hydrogen-bond acceptors (Lipinski definition) is 4. The van der Waals surface area contributed by atoms with Gasteiger partial charge in [0, 0.05) is 25.4 Å². The molecule has 4 nitrogen and oxygen atoms in total. The normalized spacial score (nSPS) is 24.4. The maximum Gasteiger partial charge on any atom is 0.494 e. The number of anilines is 1. The van der Waals surface area contributed by atoms with Crippen molar-refractivity contribution in [3.63, 3.8) is 0 Å². The maximum atomic E-state index is 6.10. The lowest BCUT2D eigenvalue weighted by Crippen LogP contribution is -2.41. The Morgan fingerprint density at radius 3 is 2.18 bits per heavy atom. The molecule has 120 valence electrons. The fourth-order valence-electron chi connectivity index (χ4n) is 2.83. The molecule has 2 saturated heterocycles.